The molecule has 0 N–H and O–H groups in total. The predicted molar refractivity (Wildman–Crippen MR) is 50.9 cm³/mol. The monoisotopic (exact) mass is 272 g/mol. The third-order valence-electron chi connectivity index (χ3n) is 1.50. The van der Waals surface area contributed by atoms with E-state index in [2.05, 4.69) is 0 Å². The number of carbonyl (C=O) groups is 2. The number of hydrogen-bond acceptors (Lipinski definition) is 4. The number of carboxylic acid groups (broad SMARTS) is 2. The molecular formula is C8H2CaCl2O4. The van der Waals surface area contributed by atoms with Gasteiger partial charge in [-0.25, -0.2) is 0 Å². The molecule has 0 saturated heterocycles. The molecule has 0 bridgehead atoms. The van der Waals surface area contributed by atoms with E-state index >= 15 is 0 Å². The average molecular weight is 273 g/mol. The summed E-state index contributed by atoms with van der Waals surface area (Å²) in [4.78, 5) is 21.0. The number of carbonyl (C=O) groups excluding carboxylic acids is 2. The molecule has 0 aromatic heterocycles. The van der Waals surface area contributed by atoms with Crippen LogP contribution in [0.2, 0.25) is 10.0 Å². The first-order chi connectivity index (χ1) is 6.43. The second-order valence-electron chi connectivity index (χ2n) is 2.39. The Labute approximate surface area is 125 Å². The zero-order chi connectivity index (χ0) is 10.9. The number of carboxylic acids is 2. The summed E-state index contributed by atoms with van der Waals surface area (Å²) >= 11 is 11.0. The number of benzene rings is 1. The first-order valence-electron chi connectivity index (χ1n) is 3.35. The maximum atomic E-state index is 10.5. The topological polar surface area (TPSA) is 80.3 Å². The Balaban J connectivity index is 0.00000196. The molecule has 0 saturated carbocycles. The van der Waals surface area contributed by atoms with Crippen LogP contribution in [0.15, 0.2) is 12.1 Å². The van der Waals surface area contributed by atoms with Gasteiger partial charge in [-0.05, 0) is 12.1 Å². The van der Waals surface area contributed by atoms with Gasteiger partial charge in [0.25, 0.3) is 0 Å². The van der Waals surface area contributed by atoms with Crippen LogP contribution in [0.25, 0.3) is 0 Å². The maximum absolute atomic E-state index is 10.5. The fourth-order valence-corrected chi connectivity index (χ4v) is 1.21. The van der Waals surface area contributed by atoms with Crippen molar-refractivity contribution in [2.24, 2.45) is 0 Å². The van der Waals surface area contributed by atoms with Crippen LogP contribution >= 0.6 is 23.2 Å². The van der Waals surface area contributed by atoms with Crippen LogP contribution in [0.4, 0.5) is 0 Å². The third-order valence-corrected chi connectivity index (χ3v) is 2.22. The van der Waals surface area contributed by atoms with Crippen LogP contribution in [0.1, 0.15) is 20.7 Å². The first kappa shape index (κ1) is 15.0. The van der Waals surface area contributed by atoms with Crippen molar-refractivity contribution < 1.29 is 19.8 Å². The number of aromatic carboxylic acids is 2. The molecule has 0 unspecified atom stereocenters. The second-order valence-corrected chi connectivity index (χ2v) is 3.20. The van der Waals surface area contributed by atoms with Crippen LogP contribution in [0.5, 0.6) is 0 Å². The van der Waals surface area contributed by atoms with Gasteiger partial charge in [0.1, 0.15) is 0 Å². The molecule has 0 heterocycles. The Hall–Kier alpha value is -0.000260. The van der Waals surface area contributed by atoms with Gasteiger partial charge in [0.15, 0.2) is 0 Å². The zero-order valence-electron chi connectivity index (χ0n) is 7.25. The van der Waals surface area contributed by atoms with E-state index in [1.165, 1.54) is 0 Å². The van der Waals surface area contributed by atoms with Crippen molar-refractivity contribution in [1.82, 2.24) is 0 Å². The van der Waals surface area contributed by atoms with Crippen molar-refractivity contribution in [2.45, 2.75) is 0 Å². The van der Waals surface area contributed by atoms with Gasteiger partial charge in [0.2, 0.25) is 0 Å². The summed E-state index contributed by atoms with van der Waals surface area (Å²) in [5.74, 6) is -3.30. The van der Waals surface area contributed by atoms with Crippen molar-refractivity contribution in [3.05, 3.63) is 33.3 Å². The molecule has 0 aliphatic carbocycles. The maximum Gasteiger partial charge on any atom is 2.00 e. The number of rotatable bonds is 2. The Morgan fingerprint density at radius 1 is 0.933 bits per heavy atom. The molecule has 4 nitrogen and oxygen atoms in total. The summed E-state index contributed by atoms with van der Waals surface area (Å²) < 4.78 is 0. The SMILES string of the molecule is O=C([O-])c1cc(Cl)c(Cl)cc1C(=O)[O-].[Ca+2]. The molecule has 15 heavy (non-hydrogen) atoms. The summed E-state index contributed by atoms with van der Waals surface area (Å²) in [5, 5.41) is 20.9. The van der Waals surface area contributed by atoms with Crippen LogP contribution in [-0.4, -0.2) is 49.7 Å². The molecule has 1 rings (SSSR count). The van der Waals surface area contributed by atoms with Crippen LogP contribution in [-0.2, 0) is 0 Å². The number of halogens is 2. The molecule has 0 amide bonds. The van der Waals surface area contributed by atoms with E-state index in [9.17, 15) is 19.8 Å². The fourth-order valence-electron chi connectivity index (χ4n) is 0.885. The largest absolute Gasteiger partial charge is 2.00 e. The second kappa shape index (κ2) is 5.91. The van der Waals surface area contributed by atoms with Gasteiger partial charge >= 0.3 is 37.7 Å². The molecule has 1 aromatic carbocycles. The molecular weight excluding hydrogens is 271 g/mol. The van der Waals surface area contributed by atoms with Gasteiger partial charge in [-0.15, -0.1) is 0 Å². The standard InChI is InChI=1S/C8H4Cl2O4.Ca/c9-5-1-3(7(11)12)4(8(13)14)2-6(5)10;/h1-2H,(H,11,12)(H,13,14);/q;+2/p-2. The van der Waals surface area contributed by atoms with E-state index in [0.29, 0.717) is 0 Å². The molecule has 0 aliphatic heterocycles. The van der Waals surface area contributed by atoms with Crippen molar-refractivity contribution >= 4 is 72.9 Å². The molecule has 1 aromatic rings. The van der Waals surface area contributed by atoms with Gasteiger partial charge in [-0.2, -0.15) is 0 Å². The van der Waals surface area contributed by atoms with E-state index in [-0.39, 0.29) is 47.8 Å². The van der Waals surface area contributed by atoms with Crippen molar-refractivity contribution in [1.29, 1.82) is 0 Å². The summed E-state index contributed by atoms with van der Waals surface area (Å²) in [7, 11) is 0. The van der Waals surface area contributed by atoms with E-state index in [1.54, 1.807) is 0 Å². The average Bonchev–Trinajstić information content (AvgIpc) is 2.08. The summed E-state index contributed by atoms with van der Waals surface area (Å²) in [5.41, 5.74) is -1.11. The summed E-state index contributed by atoms with van der Waals surface area (Å²) in [6, 6.07) is 1.81. The molecule has 0 spiro atoms. The van der Waals surface area contributed by atoms with Crippen molar-refractivity contribution in [3.8, 4) is 0 Å². The van der Waals surface area contributed by atoms with Gasteiger partial charge in [0.05, 0.1) is 22.0 Å². The van der Waals surface area contributed by atoms with Crippen molar-refractivity contribution in [3.63, 3.8) is 0 Å². The van der Waals surface area contributed by atoms with Gasteiger partial charge in [-0.1, -0.05) is 23.2 Å². The molecule has 0 fully saturated rings. The van der Waals surface area contributed by atoms with E-state index < -0.39 is 23.1 Å². The van der Waals surface area contributed by atoms with Crippen LogP contribution < -0.4 is 10.2 Å². The molecule has 7 heteroatoms. The fraction of sp³-hybridized carbons (Fsp3) is 0. The van der Waals surface area contributed by atoms with E-state index in [4.69, 9.17) is 23.2 Å². The van der Waals surface area contributed by atoms with Crippen molar-refractivity contribution in [2.75, 3.05) is 0 Å². The summed E-state index contributed by atoms with van der Waals surface area (Å²) in [6.07, 6.45) is 0. The molecule has 0 atom stereocenters. The Kier molecular flexibility index (Phi) is 5.91. The van der Waals surface area contributed by atoms with Crippen LogP contribution in [0.3, 0.4) is 0 Å². The summed E-state index contributed by atoms with van der Waals surface area (Å²) in [6.45, 7) is 0. The molecule has 0 aliphatic rings. The normalized spacial score (nSPS) is 9.20. The molecule has 0 radical (unpaired) electrons. The third kappa shape index (κ3) is 3.50. The van der Waals surface area contributed by atoms with Gasteiger partial charge < -0.3 is 19.8 Å². The Morgan fingerprint density at radius 2 is 1.20 bits per heavy atom. The van der Waals surface area contributed by atoms with Gasteiger partial charge in [-0.3, -0.25) is 0 Å². The number of hydrogen-bond donors (Lipinski definition) is 0. The minimum absolute atomic E-state index is 0. The minimum atomic E-state index is -1.65. The van der Waals surface area contributed by atoms with E-state index in [0.717, 1.165) is 12.1 Å². The quantitative estimate of drug-likeness (QED) is 0.670. The smallest absolute Gasteiger partial charge is 0.545 e. The minimum Gasteiger partial charge on any atom is -0.545 e. The van der Waals surface area contributed by atoms with Crippen LogP contribution in [0, 0.1) is 0 Å². The Morgan fingerprint density at radius 3 is 1.40 bits per heavy atom. The Bertz CT molecular complexity index is 380. The molecule has 74 valence electrons. The van der Waals surface area contributed by atoms with Gasteiger partial charge in [0, 0.05) is 11.1 Å². The van der Waals surface area contributed by atoms with E-state index in [1.807, 2.05) is 0 Å². The zero-order valence-corrected chi connectivity index (χ0v) is 11.0. The first-order valence-corrected chi connectivity index (χ1v) is 4.11. The predicted octanol–water partition coefficient (Wildman–Crippen LogP) is -0.660.